The number of hydrogen-bond acceptors (Lipinski definition) is 4. The minimum Gasteiger partial charge on any atom is -0.439 e. The molecule has 0 radical (unpaired) electrons. The second kappa shape index (κ2) is 8.16. The Labute approximate surface area is 170 Å². The van der Waals surface area contributed by atoms with Gasteiger partial charge in [0, 0.05) is 16.2 Å². The molecule has 5 nitrogen and oxygen atoms in total. The van der Waals surface area contributed by atoms with Crippen LogP contribution >= 0.6 is 15.9 Å². The monoisotopic (exact) mass is 469 g/mol. The molecule has 0 aliphatic carbocycles. The van der Waals surface area contributed by atoms with E-state index in [9.17, 15) is 22.4 Å². The van der Waals surface area contributed by atoms with Crippen molar-refractivity contribution < 1.29 is 27.1 Å². The lowest BCUT2D eigenvalue weighted by atomic mass is 10.2. The predicted molar refractivity (Wildman–Crippen MR) is 100 cm³/mol. The first kappa shape index (κ1) is 20.7. The van der Waals surface area contributed by atoms with Crippen molar-refractivity contribution in [1.82, 2.24) is 9.97 Å². The van der Waals surface area contributed by atoms with Crippen LogP contribution < -0.4 is 10.1 Å². The van der Waals surface area contributed by atoms with Crippen molar-refractivity contribution in [2.24, 2.45) is 0 Å². The molecular weight excluding hydrogens is 458 g/mol. The number of ether oxygens (including phenoxy) is 1. The molecule has 0 fully saturated rings. The van der Waals surface area contributed by atoms with Gasteiger partial charge in [-0.05, 0) is 65.3 Å². The number of benzene rings is 2. The number of nitrogens with one attached hydrogen (secondary N) is 1. The molecule has 0 saturated heterocycles. The molecule has 29 heavy (non-hydrogen) atoms. The Morgan fingerprint density at radius 2 is 1.76 bits per heavy atom. The highest BCUT2D eigenvalue weighted by Crippen LogP contribution is 2.31. The van der Waals surface area contributed by atoms with Crippen LogP contribution in [0.1, 0.15) is 21.9 Å². The zero-order valence-corrected chi connectivity index (χ0v) is 16.3. The number of carbonyl (C=O) groups is 1. The zero-order valence-electron chi connectivity index (χ0n) is 14.7. The summed E-state index contributed by atoms with van der Waals surface area (Å²) >= 11 is 3.18. The Morgan fingerprint density at radius 3 is 2.41 bits per heavy atom. The van der Waals surface area contributed by atoms with Crippen molar-refractivity contribution in [1.29, 1.82) is 0 Å². The van der Waals surface area contributed by atoms with Gasteiger partial charge in [-0.1, -0.05) is 0 Å². The molecule has 0 aliphatic rings. The number of rotatable bonds is 4. The quantitative estimate of drug-likeness (QED) is 0.494. The summed E-state index contributed by atoms with van der Waals surface area (Å²) in [5, 5.41) is 2.59. The van der Waals surface area contributed by atoms with Crippen LogP contribution in [0.4, 0.5) is 23.2 Å². The van der Waals surface area contributed by atoms with Gasteiger partial charge in [0.2, 0.25) is 5.88 Å². The number of aromatic nitrogens is 2. The van der Waals surface area contributed by atoms with Gasteiger partial charge < -0.3 is 10.1 Å². The standard InChI is InChI=1S/C19H12BrF4N3O2/c1-10-25-16(19(22,23)24)9-17(26-10)29-13-5-3-12(4-6-13)27-18(28)14-8-11(21)2-7-15(14)20/h2-9H,1H3,(H,27,28). The Balaban J connectivity index is 1.73. The van der Waals surface area contributed by atoms with Crippen LogP contribution in [0.5, 0.6) is 11.6 Å². The topological polar surface area (TPSA) is 64.1 Å². The lowest BCUT2D eigenvalue weighted by Crippen LogP contribution is -2.12. The van der Waals surface area contributed by atoms with Gasteiger partial charge in [0.15, 0.2) is 5.69 Å². The van der Waals surface area contributed by atoms with E-state index in [1.54, 1.807) is 0 Å². The number of nitrogens with zero attached hydrogens (tertiary/aromatic N) is 2. The first-order valence-corrected chi connectivity index (χ1v) is 8.88. The summed E-state index contributed by atoms with van der Waals surface area (Å²) in [5.41, 5.74) is -0.612. The highest BCUT2D eigenvalue weighted by molar-refractivity contribution is 9.10. The smallest absolute Gasteiger partial charge is 0.433 e. The van der Waals surface area contributed by atoms with E-state index >= 15 is 0 Å². The number of halogens is 5. The average molecular weight is 470 g/mol. The van der Waals surface area contributed by atoms with E-state index in [0.29, 0.717) is 16.2 Å². The van der Waals surface area contributed by atoms with Gasteiger partial charge in [0.05, 0.1) is 5.56 Å². The molecule has 3 aromatic rings. The molecule has 2 aromatic carbocycles. The molecular formula is C19H12BrF4N3O2. The first-order valence-electron chi connectivity index (χ1n) is 8.09. The van der Waals surface area contributed by atoms with Crippen molar-refractivity contribution in [3.05, 3.63) is 75.9 Å². The number of amides is 1. The lowest BCUT2D eigenvalue weighted by Gasteiger charge is -2.11. The summed E-state index contributed by atoms with van der Waals surface area (Å²) in [4.78, 5) is 19.4. The largest absolute Gasteiger partial charge is 0.439 e. The summed E-state index contributed by atoms with van der Waals surface area (Å²) < 4.78 is 57.6. The normalized spacial score (nSPS) is 11.2. The molecule has 0 saturated carbocycles. The summed E-state index contributed by atoms with van der Waals surface area (Å²) in [6.45, 7) is 1.32. The maximum atomic E-state index is 13.3. The van der Waals surface area contributed by atoms with E-state index < -0.39 is 23.6 Å². The van der Waals surface area contributed by atoms with Crippen molar-refractivity contribution in [2.45, 2.75) is 13.1 Å². The minimum atomic E-state index is -4.62. The van der Waals surface area contributed by atoms with Gasteiger partial charge in [-0.3, -0.25) is 4.79 Å². The molecule has 1 amide bonds. The van der Waals surface area contributed by atoms with E-state index in [-0.39, 0.29) is 23.0 Å². The van der Waals surface area contributed by atoms with Crippen LogP contribution in [0, 0.1) is 12.7 Å². The molecule has 1 aromatic heterocycles. The van der Waals surface area contributed by atoms with Crippen LogP contribution in [-0.2, 0) is 6.18 Å². The number of alkyl halides is 3. The fourth-order valence-electron chi connectivity index (χ4n) is 2.33. The molecule has 0 bridgehead atoms. The van der Waals surface area contributed by atoms with Gasteiger partial charge in [-0.2, -0.15) is 18.2 Å². The van der Waals surface area contributed by atoms with E-state index in [2.05, 4.69) is 31.2 Å². The first-order chi connectivity index (χ1) is 13.6. The predicted octanol–water partition coefficient (Wildman–Crippen LogP) is 5.75. The molecule has 0 aliphatic heterocycles. The second-order valence-corrected chi connectivity index (χ2v) is 6.70. The Morgan fingerprint density at radius 1 is 1.07 bits per heavy atom. The van der Waals surface area contributed by atoms with Gasteiger partial charge in [0.25, 0.3) is 5.91 Å². The number of anilines is 1. The number of aryl methyl sites for hydroxylation is 1. The van der Waals surface area contributed by atoms with Gasteiger partial charge in [-0.15, -0.1) is 0 Å². The Bertz CT molecular complexity index is 1060. The fourth-order valence-corrected chi connectivity index (χ4v) is 2.76. The van der Waals surface area contributed by atoms with E-state index in [0.717, 1.165) is 6.07 Å². The number of hydrogen-bond donors (Lipinski definition) is 1. The number of carbonyl (C=O) groups excluding carboxylic acids is 1. The van der Waals surface area contributed by atoms with Gasteiger partial charge in [-0.25, -0.2) is 9.37 Å². The Hall–Kier alpha value is -3.01. The minimum absolute atomic E-state index is 0.0839. The molecule has 1 N–H and O–H groups in total. The molecule has 10 heteroatoms. The molecule has 1 heterocycles. The molecule has 0 atom stereocenters. The summed E-state index contributed by atoms with van der Waals surface area (Å²) in [6, 6.07) is 10.3. The SMILES string of the molecule is Cc1nc(Oc2ccc(NC(=O)c3cc(F)ccc3Br)cc2)cc(C(F)(F)F)n1. The third-order valence-electron chi connectivity index (χ3n) is 3.61. The van der Waals surface area contributed by atoms with Crippen molar-refractivity contribution in [2.75, 3.05) is 5.32 Å². The zero-order chi connectivity index (χ0) is 21.2. The molecule has 150 valence electrons. The van der Waals surface area contributed by atoms with Gasteiger partial charge >= 0.3 is 6.18 Å². The lowest BCUT2D eigenvalue weighted by molar-refractivity contribution is -0.141. The molecule has 0 spiro atoms. The van der Waals surface area contributed by atoms with Crippen molar-refractivity contribution in [3.8, 4) is 11.6 Å². The van der Waals surface area contributed by atoms with E-state index in [1.807, 2.05) is 0 Å². The Kier molecular flexibility index (Phi) is 5.83. The van der Waals surface area contributed by atoms with E-state index in [4.69, 9.17) is 4.74 Å². The maximum absolute atomic E-state index is 13.3. The summed E-state index contributed by atoms with van der Waals surface area (Å²) in [7, 11) is 0. The summed E-state index contributed by atoms with van der Waals surface area (Å²) in [6.07, 6.45) is -4.62. The van der Waals surface area contributed by atoms with Crippen LogP contribution in [0.15, 0.2) is 53.0 Å². The van der Waals surface area contributed by atoms with Gasteiger partial charge in [0.1, 0.15) is 17.4 Å². The third-order valence-corrected chi connectivity index (χ3v) is 4.30. The fraction of sp³-hybridized carbons (Fsp3) is 0.105. The molecule has 3 rings (SSSR count). The highest BCUT2D eigenvalue weighted by atomic mass is 79.9. The van der Waals surface area contributed by atoms with Crippen LogP contribution in [0.3, 0.4) is 0 Å². The van der Waals surface area contributed by atoms with Crippen molar-refractivity contribution in [3.63, 3.8) is 0 Å². The van der Waals surface area contributed by atoms with Crippen LogP contribution in [-0.4, -0.2) is 15.9 Å². The molecule has 0 unspecified atom stereocenters. The van der Waals surface area contributed by atoms with E-state index in [1.165, 1.54) is 43.3 Å². The van der Waals surface area contributed by atoms with Crippen LogP contribution in [0.2, 0.25) is 0 Å². The van der Waals surface area contributed by atoms with Crippen molar-refractivity contribution >= 4 is 27.5 Å². The maximum Gasteiger partial charge on any atom is 0.433 e. The average Bonchev–Trinajstić information content (AvgIpc) is 2.64. The third kappa shape index (κ3) is 5.29. The van der Waals surface area contributed by atoms with Crippen LogP contribution in [0.25, 0.3) is 0 Å². The highest BCUT2D eigenvalue weighted by Gasteiger charge is 2.33. The summed E-state index contributed by atoms with van der Waals surface area (Å²) in [5.74, 6) is -1.22. The second-order valence-electron chi connectivity index (χ2n) is 5.84.